The standard InChI is InChI=1S/C15H17NO3S/c1-16-20(17,18)12-14-8-5-9-15(10-14)19-11-13-6-3-2-4-7-13/h2-10,16H,11-12H2,1H3. The lowest BCUT2D eigenvalue weighted by Crippen LogP contribution is -2.20. The predicted octanol–water partition coefficient (Wildman–Crippen LogP) is 2.31. The van der Waals surface area contributed by atoms with Gasteiger partial charge < -0.3 is 4.74 Å². The van der Waals surface area contributed by atoms with E-state index >= 15 is 0 Å². The summed E-state index contributed by atoms with van der Waals surface area (Å²) in [6.07, 6.45) is 0. The molecule has 2 aromatic carbocycles. The van der Waals surface area contributed by atoms with Crippen LogP contribution in [0.25, 0.3) is 0 Å². The molecule has 0 bridgehead atoms. The Kier molecular flexibility index (Phi) is 4.76. The monoisotopic (exact) mass is 291 g/mol. The smallest absolute Gasteiger partial charge is 0.215 e. The summed E-state index contributed by atoms with van der Waals surface area (Å²) in [5.74, 6) is 0.615. The Labute approximate surface area is 119 Å². The van der Waals surface area contributed by atoms with E-state index in [4.69, 9.17) is 4.74 Å². The zero-order chi connectivity index (χ0) is 14.4. The molecule has 2 aromatic rings. The summed E-state index contributed by atoms with van der Waals surface area (Å²) in [7, 11) is -1.85. The average molecular weight is 291 g/mol. The Morgan fingerprint density at radius 2 is 1.70 bits per heavy atom. The third-order valence-corrected chi connectivity index (χ3v) is 4.15. The fraction of sp³-hybridized carbons (Fsp3) is 0.200. The molecule has 0 aliphatic heterocycles. The van der Waals surface area contributed by atoms with Gasteiger partial charge in [0.15, 0.2) is 0 Å². The Bertz CT molecular complexity index is 654. The van der Waals surface area contributed by atoms with E-state index in [1.54, 1.807) is 18.2 Å². The lowest BCUT2D eigenvalue weighted by atomic mass is 10.2. The van der Waals surface area contributed by atoms with Crippen LogP contribution in [0, 0.1) is 0 Å². The first kappa shape index (κ1) is 14.6. The molecular formula is C15H17NO3S. The summed E-state index contributed by atoms with van der Waals surface area (Å²) in [5.41, 5.74) is 1.77. The van der Waals surface area contributed by atoms with Crippen molar-refractivity contribution in [1.29, 1.82) is 0 Å². The molecule has 0 saturated carbocycles. The van der Waals surface area contributed by atoms with Crippen molar-refractivity contribution in [3.63, 3.8) is 0 Å². The summed E-state index contributed by atoms with van der Waals surface area (Å²) < 4.78 is 31.0. The minimum atomic E-state index is -3.26. The zero-order valence-corrected chi connectivity index (χ0v) is 12.1. The zero-order valence-electron chi connectivity index (χ0n) is 11.2. The molecule has 4 nitrogen and oxygen atoms in total. The number of hydrogen-bond donors (Lipinski definition) is 1. The number of ether oxygens (including phenoxy) is 1. The van der Waals surface area contributed by atoms with E-state index in [1.165, 1.54) is 7.05 Å². The van der Waals surface area contributed by atoms with Crippen molar-refractivity contribution < 1.29 is 13.2 Å². The first-order valence-electron chi connectivity index (χ1n) is 6.26. The second-order valence-electron chi connectivity index (χ2n) is 4.38. The number of nitrogens with one attached hydrogen (secondary N) is 1. The van der Waals surface area contributed by atoms with E-state index in [9.17, 15) is 8.42 Å². The van der Waals surface area contributed by atoms with Crippen molar-refractivity contribution in [3.05, 3.63) is 65.7 Å². The van der Waals surface area contributed by atoms with Crippen LogP contribution in [0.15, 0.2) is 54.6 Å². The molecule has 0 aliphatic carbocycles. The molecule has 0 atom stereocenters. The van der Waals surface area contributed by atoms with Crippen molar-refractivity contribution in [3.8, 4) is 5.75 Å². The van der Waals surface area contributed by atoms with Gasteiger partial charge in [-0.1, -0.05) is 42.5 Å². The second kappa shape index (κ2) is 6.54. The molecule has 0 saturated heterocycles. The largest absolute Gasteiger partial charge is 0.489 e. The van der Waals surface area contributed by atoms with Gasteiger partial charge in [0, 0.05) is 0 Å². The van der Waals surface area contributed by atoms with Crippen LogP contribution in [0.3, 0.4) is 0 Å². The van der Waals surface area contributed by atoms with Crippen LogP contribution in [-0.2, 0) is 22.4 Å². The fourth-order valence-electron chi connectivity index (χ4n) is 1.76. The summed E-state index contributed by atoms with van der Waals surface area (Å²) in [4.78, 5) is 0. The number of rotatable bonds is 6. The van der Waals surface area contributed by atoms with Crippen LogP contribution in [0.4, 0.5) is 0 Å². The highest BCUT2D eigenvalue weighted by Gasteiger charge is 2.09. The first-order chi connectivity index (χ1) is 9.59. The van der Waals surface area contributed by atoms with Gasteiger partial charge in [-0.3, -0.25) is 0 Å². The molecule has 20 heavy (non-hydrogen) atoms. The summed E-state index contributed by atoms with van der Waals surface area (Å²) >= 11 is 0. The molecule has 0 heterocycles. The Morgan fingerprint density at radius 3 is 2.40 bits per heavy atom. The highest BCUT2D eigenvalue weighted by molar-refractivity contribution is 7.88. The number of benzene rings is 2. The Hall–Kier alpha value is -1.85. The van der Waals surface area contributed by atoms with E-state index < -0.39 is 10.0 Å². The van der Waals surface area contributed by atoms with Gasteiger partial charge in [0.25, 0.3) is 0 Å². The molecule has 106 valence electrons. The number of sulfonamides is 1. The number of hydrogen-bond acceptors (Lipinski definition) is 3. The highest BCUT2D eigenvalue weighted by Crippen LogP contribution is 2.16. The van der Waals surface area contributed by atoms with Gasteiger partial charge in [-0.05, 0) is 30.3 Å². The fourth-order valence-corrected chi connectivity index (χ4v) is 2.52. The van der Waals surface area contributed by atoms with E-state index in [-0.39, 0.29) is 5.75 Å². The maximum absolute atomic E-state index is 11.5. The Balaban J connectivity index is 2.03. The molecule has 0 radical (unpaired) electrons. The molecule has 2 rings (SSSR count). The third kappa shape index (κ3) is 4.36. The normalized spacial score (nSPS) is 11.2. The van der Waals surface area contributed by atoms with Crippen molar-refractivity contribution in [1.82, 2.24) is 4.72 Å². The topological polar surface area (TPSA) is 55.4 Å². The highest BCUT2D eigenvalue weighted by atomic mass is 32.2. The SMILES string of the molecule is CNS(=O)(=O)Cc1cccc(OCc2ccccc2)c1. The van der Waals surface area contributed by atoms with Gasteiger partial charge in [0.2, 0.25) is 10.0 Å². The molecule has 0 spiro atoms. The second-order valence-corrected chi connectivity index (χ2v) is 6.31. The van der Waals surface area contributed by atoms with Crippen LogP contribution in [0.1, 0.15) is 11.1 Å². The maximum Gasteiger partial charge on any atom is 0.215 e. The molecule has 1 N–H and O–H groups in total. The first-order valence-corrected chi connectivity index (χ1v) is 7.91. The van der Waals surface area contributed by atoms with Gasteiger partial charge in [-0.2, -0.15) is 0 Å². The van der Waals surface area contributed by atoms with Crippen molar-refractivity contribution >= 4 is 10.0 Å². The average Bonchev–Trinajstić information content (AvgIpc) is 2.46. The van der Waals surface area contributed by atoms with Crippen LogP contribution < -0.4 is 9.46 Å². The summed E-state index contributed by atoms with van der Waals surface area (Å²) in [6, 6.07) is 16.9. The quantitative estimate of drug-likeness (QED) is 0.888. The van der Waals surface area contributed by atoms with Crippen molar-refractivity contribution in [2.75, 3.05) is 7.05 Å². The van der Waals surface area contributed by atoms with Crippen LogP contribution in [-0.4, -0.2) is 15.5 Å². The molecule has 5 heteroatoms. The minimum Gasteiger partial charge on any atom is -0.489 e. The predicted molar refractivity (Wildman–Crippen MR) is 78.9 cm³/mol. The van der Waals surface area contributed by atoms with E-state index in [0.29, 0.717) is 17.9 Å². The van der Waals surface area contributed by atoms with E-state index in [1.807, 2.05) is 36.4 Å². The third-order valence-electron chi connectivity index (χ3n) is 2.81. The lowest BCUT2D eigenvalue weighted by Gasteiger charge is -2.08. The van der Waals surface area contributed by atoms with Gasteiger partial charge >= 0.3 is 0 Å². The van der Waals surface area contributed by atoms with Crippen LogP contribution in [0.5, 0.6) is 5.75 Å². The van der Waals surface area contributed by atoms with Crippen LogP contribution in [0.2, 0.25) is 0 Å². The van der Waals surface area contributed by atoms with E-state index in [0.717, 1.165) is 5.56 Å². The minimum absolute atomic E-state index is 0.0496. The lowest BCUT2D eigenvalue weighted by molar-refractivity contribution is 0.306. The van der Waals surface area contributed by atoms with Gasteiger partial charge in [0.05, 0.1) is 5.75 Å². The van der Waals surface area contributed by atoms with Gasteiger partial charge in [-0.25, -0.2) is 13.1 Å². The molecule has 0 aromatic heterocycles. The Morgan fingerprint density at radius 1 is 1.00 bits per heavy atom. The molecular weight excluding hydrogens is 274 g/mol. The molecule has 0 fully saturated rings. The molecule has 0 amide bonds. The summed E-state index contributed by atoms with van der Waals surface area (Å²) in [6.45, 7) is 0.461. The summed E-state index contributed by atoms with van der Waals surface area (Å²) in [5, 5.41) is 0. The maximum atomic E-state index is 11.5. The van der Waals surface area contributed by atoms with Crippen LogP contribution >= 0.6 is 0 Å². The molecule has 0 aliphatic rings. The van der Waals surface area contributed by atoms with Crippen molar-refractivity contribution in [2.45, 2.75) is 12.4 Å². The van der Waals surface area contributed by atoms with Gasteiger partial charge in [0.1, 0.15) is 12.4 Å². The van der Waals surface area contributed by atoms with Crippen molar-refractivity contribution in [2.24, 2.45) is 0 Å². The molecule has 0 unspecified atom stereocenters. The van der Waals surface area contributed by atoms with E-state index in [2.05, 4.69) is 4.72 Å². The van der Waals surface area contributed by atoms with Gasteiger partial charge in [-0.15, -0.1) is 0 Å².